The molecule has 6 nitrogen and oxygen atoms in total. The molecule has 0 aliphatic carbocycles. The first kappa shape index (κ1) is 16.7. The zero-order valence-corrected chi connectivity index (χ0v) is 15.6. The van der Waals surface area contributed by atoms with Crippen molar-refractivity contribution in [3.63, 3.8) is 0 Å². The van der Waals surface area contributed by atoms with Crippen LogP contribution in [0.4, 0.5) is 0 Å². The Bertz CT molecular complexity index is 1270. The normalized spacial score (nSPS) is 16.9. The van der Waals surface area contributed by atoms with Crippen LogP contribution in [0, 0.1) is 0 Å². The fourth-order valence-corrected chi connectivity index (χ4v) is 4.16. The third kappa shape index (κ3) is 2.52. The quantitative estimate of drug-likeness (QED) is 0.586. The highest BCUT2D eigenvalue weighted by Gasteiger charge is 2.33. The van der Waals surface area contributed by atoms with Gasteiger partial charge in [-0.05, 0) is 48.6 Å². The average Bonchev–Trinajstić information content (AvgIpc) is 3.39. The molecule has 1 fully saturated rings. The minimum Gasteiger partial charge on any atom is -0.361 e. The van der Waals surface area contributed by atoms with E-state index >= 15 is 0 Å². The molecule has 28 heavy (non-hydrogen) atoms. The Kier molecular flexibility index (Phi) is 3.79. The predicted molar refractivity (Wildman–Crippen MR) is 108 cm³/mol. The Morgan fingerprint density at radius 3 is 2.93 bits per heavy atom. The van der Waals surface area contributed by atoms with Crippen LogP contribution in [0.25, 0.3) is 21.8 Å². The van der Waals surface area contributed by atoms with Gasteiger partial charge in [-0.1, -0.05) is 18.2 Å². The second kappa shape index (κ2) is 6.34. The maximum atomic E-state index is 13.3. The Hall–Kier alpha value is -3.41. The highest BCUT2D eigenvalue weighted by molar-refractivity contribution is 5.98. The lowest BCUT2D eigenvalue weighted by atomic mass is 10.1. The van der Waals surface area contributed by atoms with Crippen molar-refractivity contribution in [2.75, 3.05) is 6.54 Å². The maximum Gasteiger partial charge on any atom is 0.261 e. The zero-order chi connectivity index (χ0) is 19.3. The van der Waals surface area contributed by atoms with Crippen molar-refractivity contribution in [3.8, 4) is 0 Å². The Balaban J connectivity index is 1.57. The fraction of sp³-hybridized carbons (Fsp3) is 0.227. The van der Waals surface area contributed by atoms with Gasteiger partial charge in [-0.2, -0.15) is 0 Å². The summed E-state index contributed by atoms with van der Waals surface area (Å²) in [6.45, 7) is 0.662. The molecule has 3 heterocycles. The molecule has 140 valence electrons. The second-order valence-corrected chi connectivity index (χ2v) is 7.29. The van der Waals surface area contributed by atoms with Gasteiger partial charge in [0.1, 0.15) is 5.82 Å². The number of hydrogen-bond donors (Lipinski definition) is 1. The summed E-state index contributed by atoms with van der Waals surface area (Å²) in [5.74, 6) is 0.622. The van der Waals surface area contributed by atoms with Crippen molar-refractivity contribution < 1.29 is 4.79 Å². The number of amides is 1. The van der Waals surface area contributed by atoms with Gasteiger partial charge in [0.25, 0.3) is 11.5 Å². The number of fused-ring (bicyclic) bond motifs is 2. The number of carbonyl (C=O) groups excluding carboxylic acids is 1. The van der Waals surface area contributed by atoms with E-state index in [0.29, 0.717) is 28.8 Å². The molecule has 1 saturated heterocycles. The summed E-state index contributed by atoms with van der Waals surface area (Å²) in [6.07, 6.45) is 3.56. The monoisotopic (exact) mass is 372 g/mol. The van der Waals surface area contributed by atoms with E-state index in [1.165, 1.54) is 0 Å². The first-order chi connectivity index (χ1) is 13.6. The first-order valence-electron chi connectivity index (χ1n) is 9.47. The van der Waals surface area contributed by atoms with Crippen molar-refractivity contribution >= 4 is 27.7 Å². The molecule has 1 amide bonds. The largest absolute Gasteiger partial charge is 0.361 e. The van der Waals surface area contributed by atoms with Crippen LogP contribution >= 0.6 is 0 Å². The fourth-order valence-electron chi connectivity index (χ4n) is 4.16. The number of nitrogens with zero attached hydrogens (tertiary/aromatic N) is 3. The number of para-hydroxylation sites is 1. The number of likely N-dealkylation sites (tertiary alicyclic amines) is 1. The molecule has 4 aromatic rings. The van der Waals surface area contributed by atoms with Crippen LogP contribution in [0.5, 0.6) is 0 Å². The molecule has 1 aliphatic rings. The van der Waals surface area contributed by atoms with Crippen LogP contribution in [0.1, 0.15) is 35.1 Å². The molecular formula is C22H20N4O2. The van der Waals surface area contributed by atoms with E-state index in [1.807, 2.05) is 53.6 Å². The highest BCUT2D eigenvalue weighted by atomic mass is 16.2. The van der Waals surface area contributed by atoms with Gasteiger partial charge in [0.2, 0.25) is 0 Å². The highest BCUT2D eigenvalue weighted by Crippen LogP contribution is 2.32. The molecule has 0 spiro atoms. The van der Waals surface area contributed by atoms with Crippen LogP contribution in [-0.4, -0.2) is 31.9 Å². The molecule has 1 aliphatic heterocycles. The molecular weight excluding hydrogens is 352 g/mol. The lowest BCUT2D eigenvalue weighted by molar-refractivity contribution is 0.0727. The third-order valence-electron chi connectivity index (χ3n) is 5.63. The molecule has 2 aromatic heterocycles. The van der Waals surface area contributed by atoms with Gasteiger partial charge in [-0.15, -0.1) is 0 Å². The van der Waals surface area contributed by atoms with E-state index in [2.05, 4.69) is 4.98 Å². The molecule has 0 radical (unpaired) electrons. The topological polar surface area (TPSA) is 71.0 Å². The van der Waals surface area contributed by atoms with Gasteiger partial charge in [0.15, 0.2) is 0 Å². The van der Waals surface area contributed by atoms with Crippen molar-refractivity contribution in [2.45, 2.75) is 18.9 Å². The van der Waals surface area contributed by atoms with Crippen LogP contribution in [-0.2, 0) is 7.05 Å². The standard InChI is InChI=1S/C22H20N4O2/c1-25-20(24-17-6-3-2-5-16(17)22(25)28)19-7-4-12-26(19)21(27)15-9-8-14-10-11-23-18(14)13-15/h2-3,5-6,8-11,13,19,23H,4,7,12H2,1H3. The van der Waals surface area contributed by atoms with Gasteiger partial charge in [-0.3, -0.25) is 14.2 Å². The van der Waals surface area contributed by atoms with Gasteiger partial charge >= 0.3 is 0 Å². The number of aromatic amines is 1. The predicted octanol–water partition coefficient (Wildman–Crippen LogP) is 3.39. The van der Waals surface area contributed by atoms with Crippen molar-refractivity contribution in [3.05, 3.63) is 76.5 Å². The first-order valence-corrected chi connectivity index (χ1v) is 9.47. The number of rotatable bonds is 2. The molecule has 1 unspecified atom stereocenters. The summed E-state index contributed by atoms with van der Waals surface area (Å²) >= 11 is 0. The van der Waals surface area contributed by atoms with Crippen LogP contribution in [0.15, 0.2) is 59.5 Å². The maximum absolute atomic E-state index is 13.3. The van der Waals surface area contributed by atoms with E-state index in [0.717, 1.165) is 23.7 Å². The van der Waals surface area contributed by atoms with Crippen molar-refractivity contribution in [1.29, 1.82) is 0 Å². The minimum absolute atomic E-state index is 0.0265. The summed E-state index contributed by atoms with van der Waals surface area (Å²) in [5.41, 5.74) is 2.19. The lowest BCUT2D eigenvalue weighted by Gasteiger charge is -2.26. The molecule has 5 rings (SSSR count). The van der Waals surface area contributed by atoms with Gasteiger partial charge in [0, 0.05) is 30.9 Å². The SMILES string of the molecule is Cn1c(C2CCCN2C(=O)c2ccc3cc[nH]c3c2)nc2ccccc2c1=O. The van der Waals surface area contributed by atoms with Crippen molar-refractivity contribution in [2.24, 2.45) is 7.05 Å². The van der Waals surface area contributed by atoms with E-state index in [1.54, 1.807) is 17.7 Å². The van der Waals surface area contributed by atoms with Crippen molar-refractivity contribution in [1.82, 2.24) is 19.4 Å². The Morgan fingerprint density at radius 2 is 2.04 bits per heavy atom. The molecule has 0 saturated carbocycles. The van der Waals surface area contributed by atoms with Gasteiger partial charge in [0.05, 0.1) is 16.9 Å². The van der Waals surface area contributed by atoms with Crippen LogP contribution < -0.4 is 5.56 Å². The number of hydrogen-bond acceptors (Lipinski definition) is 3. The molecule has 2 aromatic carbocycles. The molecule has 1 N–H and O–H groups in total. The van der Waals surface area contributed by atoms with Crippen LogP contribution in [0.3, 0.4) is 0 Å². The van der Waals surface area contributed by atoms with Crippen LogP contribution in [0.2, 0.25) is 0 Å². The van der Waals surface area contributed by atoms with E-state index in [9.17, 15) is 9.59 Å². The summed E-state index contributed by atoms with van der Waals surface area (Å²) in [7, 11) is 1.74. The second-order valence-electron chi connectivity index (χ2n) is 7.29. The number of carbonyl (C=O) groups is 1. The van der Waals surface area contributed by atoms with E-state index < -0.39 is 0 Å². The average molecular weight is 372 g/mol. The Morgan fingerprint density at radius 1 is 1.18 bits per heavy atom. The summed E-state index contributed by atoms with van der Waals surface area (Å²) in [4.78, 5) is 35.8. The molecule has 0 bridgehead atoms. The van der Waals surface area contributed by atoms with Gasteiger partial charge < -0.3 is 9.88 Å². The van der Waals surface area contributed by atoms with E-state index in [4.69, 9.17) is 4.98 Å². The minimum atomic E-state index is -0.200. The number of benzene rings is 2. The smallest absolute Gasteiger partial charge is 0.261 e. The number of aromatic nitrogens is 3. The lowest BCUT2D eigenvalue weighted by Crippen LogP contribution is -2.34. The third-order valence-corrected chi connectivity index (χ3v) is 5.63. The summed E-state index contributed by atoms with van der Waals surface area (Å²) < 4.78 is 1.59. The van der Waals surface area contributed by atoms with Gasteiger partial charge in [-0.25, -0.2) is 4.98 Å². The summed E-state index contributed by atoms with van der Waals surface area (Å²) in [5, 5.41) is 1.68. The molecule has 6 heteroatoms. The zero-order valence-electron chi connectivity index (χ0n) is 15.6. The van der Waals surface area contributed by atoms with E-state index in [-0.39, 0.29) is 17.5 Å². The number of H-pyrrole nitrogens is 1. The molecule has 1 atom stereocenters. The summed E-state index contributed by atoms with van der Waals surface area (Å²) in [6, 6.07) is 14.8. The number of nitrogens with one attached hydrogen (secondary N) is 1. The Labute approximate surface area is 161 Å².